The predicted octanol–water partition coefficient (Wildman–Crippen LogP) is 2.31. The Labute approximate surface area is 76.1 Å². The number of rotatable bonds is 1. The largest absolute Gasteiger partial charge is 0.465 e. The fourth-order valence-corrected chi connectivity index (χ4v) is 0.973. The van der Waals surface area contributed by atoms with Crippen LogP contribution >= 0.6 is 11.6 Å². The molecule has 0 aliphatic heterocycles. The van der Waals surface area contributed by atoms with Crippen molar-refractivity contribution in [2.24, 2.45) is 0 Å². The van der Waals surface area contributed by atoms with Crippen molar-refractivity contribution in [2.45, 2.75) is 0 Å². The molecule has 0 saturated carbocycles. The zero-order valence-corrected chi connectivity index (χ0v) is 7.39. The molecular weight excluding hydrogens is 176 g/mol. The molecule has 1 aromatic rings. The molecule has 2 nitrogen and oxygen atoms in total. The number of halogens is 1. The maximum atomic E-state index is 11.0. The molecule has 0 fully saturated rings. The summed E-state index contributed by atoms with van der Waals surface area (Å²) in [6.45, 7) is 3.66. The zero-order chi connectivity index (χ0) is 9.14. The van der Waals surface area contributed by atoms with Gasteiger partial charge in [0.1, 0.15) is 0 Å². The van der Waals surface area contributed by atoms with Gasteiger partial charge < -0.3 is 4.74 Å². The van der Waals surface area contributed by atoms with Crippen LogP contribution in [0.5, 0.6) is 0 Å². The number of hydrogen-bond donors (Lipinski definition) is 0. The molecule has 1 radical (unpaired) electrons. The van der Waals surface area contributed by atoms with E-state index in [-0.39, 0.29) is 0 Å². The molecule has 0 aliphatic rings. The Kier molecular flexibility index (Phi) is 2.71. The van der Waals surface area contributed by atoms with Gasteiger partial charge in [-0.3, -0.25) is 0 Å². The van der Waals surface area contributed by atoms with Crippen LogP contribution in [-0.2, 0) is 4.74 Å². The van der Waals surface area contributed by atoms with Gasteiger partial charge in [0.15, 0.2) is 0 Å². The minimum atomic E-state index is -0.392. The van der Waals surface area contributed by atoms with E-state index in [0.29, 0.717) is 16.1 Å². The third-order valence-corrected chi connectivity index (χ3v) is 1.83. The van der Waals surface area contributed by atoms with Crippen molar-refractivity contribution in [2.75, 3.05) is 7.11 Å². The van der Waals surface area contributed by atoms with Gasteiger partial charge in [-0.2, -0.15) is 0 Å². The molecular formula is C9H8ClO2. The molecule has 0 saturated heterocycles. The fraction of sp³-hybridized carbons (Fsp3) is 0.111. The Hall–Kier alpha value is -1.02. The number of esters is 1. The van der Waals surface area contributed by atoms with E-state index in [4.69, 9.17) is 11.6 Å². The third kappa shape index (κ3) is 1.77. The highest BCUT2D eigenvalue weighted by molar-refractivity contribution is 6.31. The summed E-state index contributed by atoms with van der Waals surface area (Å²) in [5.74, 6) is -0.392. The lowest BCUT2D eigenvalue weighted by atomic mass is 10.1. The fourth-order valence-electron chi connectivity index (χ4n) is 0.792. The number of methoxy groups -OCH3 is 1. The van der Waals surface area contributed by atoms with Crippen LogP contribution in [-0.4, -0.2) is 13.1 Å². The van der Waals surface area contributed by atoms with Crippen molar-refractivity contribution in [1.82, 2.24) is 0 Å². The zero-order valence-electron chi connectivity index (χ0n) is 6.63. The molecule has 0 atom stereocenters. The van der Waals surface area contributed by atoms with Crippen LogP contribution < -0.4 is 0 Å². The second-order valence-corrected chi connectivity index (χ2v) is 2.70. The number of hydrogen-bond acceptors (Lipinski definition) is 2. The summed E-state index contributed by atoms with van der Waals surface area (Å²) in [4.78, 5) is 11.0. The van der Waals surface area contributed by atoms with E-state index in [9.17, 15) is 4.79 Å². The maximum absolute atomic E-state index is 11.0. The van der Waals surface area contributed by atoms with E-state index in [2.05, 4.69) is 11.7 Å². The van der Waals surface area contributed by atoms with E-state index >= 15 is 0 Å². The molecule has 12 heavy (non-hydrogen) atoms. The Balaban J connectivity index is 3.05. The van der Waals surface area contributed by atoms with E-state index in [1.165, 1.54) is 13.2 Å². The van der Waals surface area contributed by atoms with Crippen molar-refractivity contribution >= 4 is 17.6 Å². The summed E-state index contributed by atoms with van der Waals surface area (Å²) in [5.41, 5.74) is 1.14. The quantitative estimate of drug-likeness (QED) is 0.625. The predicted molar refractivity (Wildman–Crippen MR) is 47.3 cm³/mol. The number of ether oxygens (including phenoxy) is 1. The summed E-state index contributed by atoms with van der Waals surface area (Å²) >= 11 is 5.74. The molecule has 0 bridgehead atoms. The lowest BCUT2D eigenvalue weighted by Crippen LogP contribution is -2.00. The van der Waals surface area contributed by atoms with Gasteiger partial charge in [-0.05, 0) is 24.6 Å². The third-order valence-electron chi connectivity index (χ3n) is 1.47. The highest BCUT2D eigenvalue weighted by Gasteiger charge is 2.05. The first-order valence-corrected chi connectivity index (χ1v) is 3.73. The van der Waals surface area contributed by atoms with E-state index in [1.54, 1.807) is 12.1 Å². The molecule has 0 spiro atoms. The van der Waals surface area contributed by atoms with Crippen LogP contribution in [0.15, 0.2) is 18.2 Å². The maximum Gasteiger partial charge on any atom is 0.337 e. The normalized spacial score (nSPS) is 9.58. The van der Waals surface area contributed by atoms with Gasteiger partial charge in [0.05, 0.1) is 12.7 Å². The second kappa shape index (κ2) is 3.59. The number of benzene rings is 1. The smallest absolute Gasteiger partial charge is 0.337 e. The van der Waals surface area contributed by atoms with Crippen LogP contribution in [0.1, 0.15) is 15.9 Å². The van der Waals surface area contributed by atoms with Crippen molar-refractivity contribution in [3.05, 3.63) is 41.3 Å². The Bertz CT molecular complexity index is 307. The van der Waals surface area contributed by atoms with Crippen LogP contribution in [0, 0.1) is 6.92 Å². The van der Waals surface area contributed by atoms with Crippen molar-refractivity contribution in [3.8, 4) is 0 Å². The molecule has 1 aromatic carbocycles. The first-order chi connectivity index (χ1) is 5.65. The first-order valence-electron chi connectivity index (χ1n) is 3.35. The second-order valence-electron chi connectivity index (χ2n) is 2.30. The summed E-state index contributed by atoms with van der Waals surface area (Å²) in [7, 11) is 1.33. The summed E-state index contributed by atoms with van der Waals surface area (Å²) in [6, 6.07) is 4.84. The summed E-state index contributed by atoms with van der Waals surface area (Å²) < 4.78 is 4.51. The van der Waals surface area contributed by atoms with Gasteiger partial charge in [-0.1, -0.05) is 17.7 Å². The van der Waals surface area contributed by atoms with Gasteiger partial charge in [-0.25, -0.2) is 4.79 Å². The number of carbonyl (C=O) groups is 1. The molecule has 0 amide bonds. The highest BCUT2D eigenvalue weighted by Crippen LogP contribution is 2.16. The average Bonchev–Trinajstić information content (AvgIpc) is 2.08. The SMILES string of the molecule is [CH2]c1ccc(C(=O)OC)cc1Cl. The van der Waals surface area contributed by atoms with Crippen LogP contribution in [0.4, 0.5) is 0 Å². The van der Waals surface area contributed by atoms with Crippen LogP contribution in [0.25, 0.3) is 0 Å². The molecule has 0 heterocycles. The van der Waals surface area contributed by atoms with Gasteiger partial charge in [0.2, 0.25) is 0 Å². The Morgan fingerprint density at radius 3 is 2.75 bits per heavy atom. The minimum Gasteiger partial charge on any atom is -0.465 e. The van der Waals surface area contributed by atoms with Gasteiger partial charge in [0.25, 0.3) is 0 Å². The number of carbonyl (C=O) groups excluding carboxylic acids is 1. The minimum absolute atomic E-state index is 0.392. The lowest BCUT2D eigenvalue weighted by Gasteiger charge is -2.00. The van der Waals surface area contributed by atoms with E-state index < -0.39 is 5.97 Å². The van der Waals surface area contributed by atoms with Gasteiger partial charge >= 0.3 is 5.97 Å². The van der Waals surface area contributed by atoms with Crippen LogP contribution in [0.3, 0.4) is 0 Å². The topological polar surface area (TPSA) is 26.3 Å². The molecule has 0 N–H and O–H groups in total. The Morgan fingerprint density at radius 2 is 2.25 bits per heavy atom. The average molecular weight is 184 g/mol. The van der Waals surface area contributed by atoms with E-state index in [0.717, 1.165) is 0 Å². The van der Waals surface area contributed by atoms with Crippen molar-refractivity contribution in [3.63, 3.8) is 0 Å². The molecule has 3 heteroatoms. The molecule has 0 aromatic heterocycles. The molecule has 0 unspecified atom stereocenters. The lowest BCUT2D eigenvalue weighted by molar-refractivity contribution is 0.0601. The highest BCUT2D eigenvalue weighted by atomic mass is 35.5. The van der Waals surface area contributed by atoms with Gasteiger partial charge in [-0.15, -0.1) is 0 Å². The van der Waals surface area contributed by atoms with E-state index in [1.807, 2.05) is 0 Å². The van der Waals surface area contributed by atoms with Crippen molar-refractivity contribution in [1.29, 1.82) is 0 Å². The standard InChI is InChI=1S/C9H8ClO2/c1-6-3-4-7(5-8(6)10)9(11)12-2/h3-5H,1H2,2H3. The molecule has 1 rings (SSSR count). The summed E-state index contributed by atoms with van der Waals surface area (Å²) in [6.07, 6.45) is 0. The summed E-state index contributed by atoms with van der Waals surface area (Å²) in [5, 5.41) is 0.470. The van der Waals surface area contributed by atoms with Gasteiger partial charge in [0, 0.05) is 5.02 Å². The van der Waals surface area contributed by atoms with Crippen molar-refractivity contribution < 1.29 is 9.53 Å². The molecule has 63 valence electrons. The molecule has 0 aliphatic carbocycles. The monoisotopic (exact) mass is 183 g/mol. The first kappa shape index (κ1) is 9.07. The van der Waals surface area contributed by atoms with Crippen LogP contribution in [0.2, 0.25) is 5.02 Å². The Morgan fingerprint density at radius 1 is 1.58 bits per heavy atom.